The largest absolute Gasteiger partial charge is 0.295 e. The first-order valence-corrected chi connectivity index (χ1v) is 8.51. The molecule has 0 fully saturated rings. The first-order valence-electron chi connectivity index (χ1n) is 7.15. The highest BCUT2D eigenvalue weighted by Gasteiger charge is 2.33. The minimum atomic E-state index is -0.132. The highest BCUT2D eigenvalue weighted by molar-refractivity contribution is 8.13. The molecular weight excluding hydrogens is 330 g/mol. The van der Waals surface area contributed by atoms with Crippen molar-refractivity contribution in [3.8, 4) is 0 Å². The van der Waals surface area contributed by atoms with Crippen LogP contribution in [-0.2, 0) is 10.5 Å². The Balaban J connectivity index is 1.65. The number of para-hydroxylation sites is 1. The Bertz CT molecular complexity index is 862. The second kappa shape index (κ2) is 5.83. The smallest absolute Gasteiger partial charge is 0.267 e. The number of carbonyl (C=O) groups is 1. The van der Waals surface area contributed by atoms with Gasteiger partial charge in [-0.2, -0.15) is 4.99 Å². The Hall–Kier alpha value is -2.11. The number of carbonyl (C=O) groups excluding carboxylic acids is 1. The molecule has 0 atom stereocenters. The zero-order valence-corrected chi connectivity index (χ0v) is 13.6. The van der Waals surface area contributed by atoms with E-state index in [1.54, 1.807) is 11.8 Å². The topological polar surface area (TPSA) is 45.0 Å². The van der Waals surface area contributed by atoms with Crippen molar-refractivity contribution in [1.29, 1.82) is 0 Å². The van der Waals surface area contributed by atoms with Crippen LogP contribution in [-0.4, -0.2) is 28.4 Å². The molecule has 4 nitrogen and oxygen atoms in total. The fraction of sp³-hybridized carbons (Fsp3) is 0.118. The second-order valence-corrected chi connectivity index (χ2v) is 6.62. The van der Waals surface area contributed by atoms with Gasteiger partial charge in [-0.05, 0) is 29.8 Å². The third kappa shape index (κ3) is 2.78. The number of aliphatic imine (C=N–C) groups is 2. The SMILES string of the molecule is O=C1CN2C(SCc3cccc(Cl)c3)=Nc3ccccc3C2=N1. The third-order valence-corrected chi connectivity index (χ3v) is 4.91. The maximum absolute atomic E-state index is 11.8. The lowest BCUT2D eigenvalue weighted by atomic mass is 10.1. The van der Waals surface area contributed by atoms with Gasteiger partial charge in [0.05, 0.1) is 5.69 Å². The molecule has 0 radical (unpaired) electrons. The van der Waals surface area contributed by atoms with Crippen molar-refractivity contribution in [3.05, 3.63) is 64.7 Å². The Morgan fingerprint density at radius 1 is 1.13 bits per heavy atom. The number of hydrogen-bond acceptors (Lipinski definition) is 4. The summed E-state index contributed by atoms with van der Waals surface area (Å²) in [5, 5.41) is 1.52. The van der Waals surface area contributed by atoms with Crippen molar-refractivity contribution in [1.82, 2.24) is 4.90 Å². The fourth-order valence-electron chi connectivity index (χ4n) is 2.60. The number of rotatable bonds is 2. The molecule has 2 aliphatic rings. The van der Waals surface area contributed by atoms with E-state index in [9.17, 15) is 4.79 Å². The number of hydrogen-bond donors (Lipinski definition) is 0. The summed E-state index contributed by atoms with van der Waals surface area (Å²) in [6.45, 7) is 0.255. The van der Waals surface area contributed by atoms with E-state index in [0.29, 0.717) is 5.84 Å². The molecular formula is C17H12ClN3OS. The van der Waals surface area contributed by atoms with E-state index in [1.165, 1.54) is 0 Å². The third-order valence-electron chi connectivity index (χ3n) is 3.63. The zero-order chi connectivity index (χ0) is 15.8. The molecule has 23 heavy (non-hydrogen) atoms. The van der Waals surface area contributed by atoms with Crippen LogP contribution in [0.1, 0.15) is 11.1 Å². The molecule has 2 aromatic carbocycles. The number of nitrogens with zero attached hydrogens (tertiary/aromatic N) is 3. The van der Waals surface area contributed by atoms with Gasteiger partial charge in [-0.3, -0.25) is 9.69 Å². The predicted molar refractivity (Wildman–Crippen MR) is 94.5 cm³/mol. The van der Waals surface area contributed by atoms with Crippen molar-refractivity contribution < 1.29 is 4.79 Å². The summed E-state index contributed by atoms with van der Waals surface area (Å²) in [6, 6.07) is 15.5. The van der Waals surface area contributed by atoms with E-state index >= 15 is 0 Å². The molecule has 0 saturated carbocycles. The van der Waals surface area contributed by atoms with Crippen molar-refractivity contribution in [3.63, 3.8) is 0 Å². The molecule has 0 aliphatic carbocycles. The molecule has 2 aliphatic heterocycles. The predicted octanol–water partition coefficient (Wildman–Crippen LogP) is 3.86. The molecule has 0 N–H and O–H groups in total. The van der Waals surface area contributed by atoms with Gasteiger partial charge in [-0.25, -0.2) is 4.99 Å². The van der Waals surface area contributed by atoms with Gasteiger partial charge in [0.2, 0.25) is 0 Å². The van der Waals surface area contributed by atoms with Crippen molar-refractivity contribution >= 4 is 46.0 Å². The van der Waals surface area contributed by atoms with Gasteiger partial charge in [0, 0.05) is 16.3 Å². The fourth-order valence-corrected chi connectivity index (χ4v) is 3.75. The maximum Gasteiger partial charge on any atom is 0.267 e. The summed E-state index contributed by atoms with van der Waals surface area (Å²) < 4.78 is 0. The Kier molecular flexibility index (Phi) is 3.67. The van der Waals surface area contributed by atoms with Crippen LogP contribution in [0.5, 0.6) is 0 Å². The van der Waals surface area contributed by atoms with Gasteiger partial charge in [-0.15, -0.1) is 0 Å². The lowest BCUT2D eigenvalue weighted by molar-refractivity contribution is -0.116. The van der Waals surface area contributed by atoms with Crippen molar-refractivity contribution in [2.45, 2.75) is 5.75 Å². The molecule has 2 heterocycles. The number of halogens is 1. The minimum absolute atomic E-state index is 0.132. The second-order valence-electron chi connectivity index (χ2n) is 5.25. The van der Waals surface area contributed by atoms with Gasteiger partial charge in [0.25, 0.3) is 5.91 Å². The van der Waals surface area contributed by atoms with Crippen LogP contribution in [0.3, 0.4) is 0 Å². The number of benzene rings is 2. The number of amides is 1. The summed E-state index contributed by atoms with van der Waals surface area (Å²) in [5.74, 6) is 1.31. The molecule has 6 heteroatoms. The molecule has 114 valence electrons. The summed E-state index contributed by atoms with van der Waals surface area (Å²) >= 11 is 7.61. The van der Waals surface area contributed by atoms with Gasteiger partial charge in [0.1, 0.15) is 12.4 Å². The highest BCUT2D eigenvalue weighted by atomic mass is 35.5. The normalized spacial score (nSPS) is 15.9. The first-order chi connectivity index (χ1) is 11.2. The van der Waals surface area contributed by atoms with E-state index < -0.39 is 0 Å². The summed E-state index contributed by atoms with van der Waals surface area (Å²) in [4.78, 5) is 22.5. The minimum Gasteiger partial charge on any atom is -0.295 e. The van der Waals surface area contributed by atoms with Crippen LogP contribution in [0, 0.1) is 0 Å². The molecule has 0 spiro atoms. The Labute approximate surface area is 142 Å². The molecule has 0 saturated heterocycles. The van der Waals surface area contributed by atoms with Gasteiger partial charge in [-0.1, -0.05) is 47.6 Å². The van der Waals surface area contributed by atoms with E-state index in [-0.39, 0.29) is 12.5 Å². The van der Waals surface area contributed by atoms with Gasteiger partial charge in [0.15, 0.2) is 5.17 Å². The van der Waals surface area contributed by atoms with E-state index in [0.717, 1.165) is 32.8 Å². The average molecular weight is 342 g/mol. The molecule has 0 aromatic heterocycles. The Morgan fingerprint density at radius 3 is 2.87 bits per heavy atom. The number of amidine groups is 2. The van der Waals surface area contributed by atoms with E-state index in [1.807, 2.05) is 53.4 Å². The monoisotopic (exact) mass is 341 g/mol. The summed E-state index contributed by atoms with van der Waals surface area (Å²) in [7, 11) is 0. The van der Waals surface area contributed by atoms with Crippen LogP contribution in [0.25, 0.3) is 0 Å². The quantitative estimate of drug-likeness (QED) is 0.833. The Morgan fingerprint density at radius 2 is 2.00 bits per heavy atom. The molecule has 4 rings (SSSR count). The van der Waals surface area contributed by atoms with Crippen molar-refractivity contribution in [2.75, 3.05) is 6.54 Å². The lowest BCUT2D eigenvalue weighted by Gasteiger charge is -2.26. The van der Waals surface area contributed by atoms with E-state index in [4.69, 9.17) is 16.6 Å². The van der Waals surface area contributed by atoms with Crippen LogP contribution >= 0.6 is 23.4 Å². The molecule has 0 unspecified atom stereocenters. The highest BCUT2D eigenvalue weighted by Crippen LogP contribution is 2.32. The molecule has 0 bridgehead atoms. The van der Waals surface area contributed by atoms with Gasteiger partial charge >= 0.3 is 0 Å². The summed E-state index contributed by atoms with van der Waals surface area (Å²) in [6.07, 6.45) is 0. The van der Waals surface area contributed by atoms with E-state index in [2.05, 4.69) is 4.99 Å². The van der Waals surface area contributed by atoms with Crippen LogP contribution < -0.4 is 0 Å². The van der Waals surface area contributed by atoms with Crippen LogP contribution in [0.2, 0.25) is 5.02 Å². The average Bonchev–Trinajstić information content (AvgIpc) is 2.94. The lowest BCUT2D eigenvalue weighted by Crippen LogP contribution is -2.35. The molecule has 1 amide bonds. The zero-order valence-electron chi connectivity index (χ0n) is 12.1. The molecule has 2 aromatic rings. The van der Waals surface area contributed by atoms with Crippen LogP contribution in [0.4, 0.5) is 5.69 Å². The first kappa shape index (κ1) is 14.5. The van der Waals surface area contributed by atoms with Crippen LogP contribution in [0.15, 0.2) is 58.5 Å². The van der Waals surface area contributed by atoms with Gasteiger partial charge < -0.3 is 0 Å². The van der Waals surface area contributed by atoms with Crippen molar-refractivity contribution in [2.24, 2.45) is 9.98 Å². The number of thioether (sulfide) groups is 1. The maximum atomic E-state index is 11.8. The standard InChI is InChI=1S/C17H12ClN3OS/c18-12-5-3-4-11(8-12)10-23-17-19-14-7-2-1-6-13(14)16-20-15(22)9-21(16)17/h1-8H,9-10H2. The summed E-state index contributed by atoms with van der Waals surface area (Å²) in [5.41, 5.74) is 2.88. The number of fused-ring (bicyclic) bond motifs is 3.